The van der Waals surface area contributed by atoms with E-state index in [-0.39, 0.29) is 0 Å². The number of alkyl halides is 3. The van der Waals surface area contributed by atoms with Crippen LogP contribution in [0.1, 0.15) is 24.5 Å². The van der Waals surface area contributed by atoms with Gasteiger partial charge in [0.05, 0.1) is 5.56 Å². The second-order valence-electron chi connectivity index (χ2n) is 4.41. The van der Waals surface area contributed by atoms with Gasteiger partial charge in [-0.05, 0) is 30.7 Å². The molecule has 0 saturated carbocycles. The van der Waals surface area contributed by atoms with E-state index in [0.29, 0.717) is 12.2 Å². The number of hydrogen-bond acceptors (Lipinski definition) is 2. The van der Waals surface area contributed by atoms with Gasteiger partial charge in [-0.1, -0.05) is 13.0 Å². The van der Waals surface area contributed by atoms with E-state index in [1.807, 2.05) is 6.92 Å². The second kappa shape index (κ2) is 6.09. The van der Waals surface area contributed by atoms with Crippen LogP contribution in [0, 0.1) is 0 Å². The van der Waals surface area contributed by atoms with Gasteiger partial charge < -0.3 is 10.2 Å². The minimum atomic E-state index is -4.29. The standard InChI is InChI=1S/C13H19F3N2/c1-4-7-17-9-10-5-6-11(13(14,15)16)8-12(10)18(2)3/h5-6,8,17H,4,7,9H2,1-3H3. The highest BCUT2D eigenvalue weighted by atomic mass is 19.4. The Bertz CT molecular complexity index is 386. The third-order valence-corrected chi connectivity index (χ3v) is 2.64. The predicted octanol–water partition coefficient (Wildman–Crippen LogP) is 3.27. The lowest BCUT2D eigenvalue weighted by molar-refractivity contribution is -0.137. The number of rotatable bonds is 5. The molecule has 0 amide bonds. The molecule has 0 unspecified atom stereocenters. The Morgan fingerprint density at radius 1 is 1.22 bits per heavy atom. The van der Waals surface area contributed by atoms with Crippen molar-refractivity contribution < 1.29 is 13.2 Å². The van der Waals surface area contributed by atoms with E-state index in [9.17, 15) is 13.2 Å². The fourth-order valence-corrected chi connectivity index (χ4v) is 1.71. The van der Waals surface area contributed by atoms with Crippen molar-refractivity contribution in [3.8, 4) is 0 Å². The van der Waals surface area contributed by atoms with Gasteiger partial charge >= 0.3 is 6.18 Å². The van der Waals surface area contributed by atoms with E-state index in [2.05, 4.69) is 5.32 Å². The number of benzene rings is 1. The summed E-state index contributed by atoms with van der Waals surface area (Å²) in [7, 11) is 3.50. The largest absolute Gasteiger partial charge is 0.416 e. The first-order valence-electron chi connectivity index (χ1n) is 5.94. The average molecular weight is 260 g/mol. The molecular formula is C13H19F3N2. The zero-order chi connectivity index (χ0) is 13.8. The molecule has 102 valence electrons. The van der Waals surface area contributed by atoms with Gasteiger partial charge in [-0.15, -0.1) is 0 Å². The molecule has 5 heteroatoms. The van der Waals surface area contributed by atoms with Crippen molar-refractivity contribution >= 4 is 5.69 Å². The lowest BCUT2D eigenvalue weighted by Gasteiger charge is -2.20. The van der Waals surface area contributed by atoms with Crippen molar-refractivity contribution in [1.29, 1.82) is 0 Å². The molecule has 0 radical (unpaired) electrons. The van der Waals surface area contributed by atoms with Crippen LogP contribution in [-0.2, 0) is 12.7 Å². The molecule has 1 rings (SSSR count). The van der Waals surface area contributed by atoms with Crippen molar-refractivity contribution in [3.05, 3.63) is 29.3 Å². The first-order valence-corrected chi connectivity index (χ1v) is 5.94. The molecule has 0 bridgehead atoms. The summed E-state index contributed by atoms with van der Waals surface area (Å²) in [6.07, 6.45) is -3.29. The highest BCUT2D eigenvalue weighted by molar-refractivity contribution is 5.55. The van der Waals surface area contributed by atoms with Crippen LogP contribution >= 0.6 is 0 Å². The lowest BCUT2D eigenvalue weighted by atomic mass is 10.1. The Morgan fingerprint density at radius 3 is 2.39 bits per heavy atom. The maximum Gasteiger partial charge on any atom is 0.416 e. The summed E-state index contributed by atoms with van der Waals surface area (Å²) in [5.74, 6) is 0. The molecule has 18 heavy (non-hydrogen) atoms. The molecule has 0 aliphatic heterocycles. The Balaban J connectivity index is 2.98. The van der Waals surface area contributed by atoms with E-state index < -0.39 is 11.7 Å². The van der Waals surface area contributed by atoms with Gasteiger partial charge in [-0.25, -0.2) is 0 Å². The lowest BCUT2D eigenvalue weighted by Crippen LogP contribution is -2.19. The van der Waals surface area contributed by atoms with Crippen molar-refractivity contribution in [2.75, 3.05) is 25.5 Å². The fraction of sp³-hybridized carbons (Fsp3) is 0.538. The van der Waals surface area contributed by atoms with Crippen LogP contribution in [0.4, 0.5) is 18.9 Å². The third-order valence-electron chi connectivity index (χ3n) is 2.64. The van der Waals surface area contributed by atoms with Gasteiger partial charge in [-0.3, -0.25) is 0 Å². The zero-order valence-corrected chi connectivity index (χ0v) is 10.9. The summed E-state index contributed by atoms with van der Waals surface area (Å²) in [6, 6.07) is 3.87. The molecule has 0 atom stereocenters. The highest BCUT2D eigenvalue weighted by Crippen LogP contribution is 2.32. The van der Waals surface area contributed by atoms with E-state index in [0.717, 1.165) is 24.6 Å². The quantitative estimate of drug-likeness (QED) is 0.817. The Morgan fingerprint density at radius 2 is 1.89 bits per heavy atom. The van der Waals surface area contributed by atoms with Crippen LogP contribution in [0.5, 0.6) is 0 Å². The van der Waals surface area contributed by atoms with E-state index >= 15 is 0 Å². The normalized spacial score (nSPS) is 11.7. The molecule has 0 aliphatic carbocycles. The molecule has 0 aliphatic rings. The molecule has 0 heterocycles. The SMILES string of the molecule is CCCNCc1ccc(C(F)(F)F)cc1N(C)C. The summed E-state index contributed by atoms with van der Waals surface area (Å²) in [4.78, 5) is 1.71. The van der Waals surface area contributed by atoms with E-state index in [1.54, 1.807) is 25.1 Å². The van der Waals surface area contributed by atoms with Crippen molar-refractivity contribution in [1.82, 2.24) is 5.32 Å². The average Bonchev–Trinajstić information content (AvgIpc) is 2.28. The van der Waals surface area contributed by atoms with Gasteiger partial charge in [-0.2, -0.15) is 13.2 Å². The number of halogens is 3. The molecule has 0 aromatic heterocycles. The van der Waals surface area contributed by atoms with Crippen molar-refractivity contribution in [3.63, 3.8) is 0 Å². The molecule has 0 fully saturated rings. The maximum atomic E-state index is 12.6. The predicted molar refractivity (Wildman–Crippen MR) is 67.8 cm³/mol. The first-order chi connectivity index (χ1) is 8.36. The van der Waals surface area contributed by atoms with Crippen LogP contribution < -0.4 is 10.2 Å². The van der Waals surface area contributed by atoms with Crippen LogP contribution in [0.3, 0.4) is 0 Å². The molecule has 1 N–H and O–H groups in total. The van der Waals surface area contributed by atoms with Crippen LogP contribution in [0.25, 0.3) is 0 Å². The topological polar surface area (TPSA) is 15.3 Å². The second-order valence-corrected chi connectivity index (χ2v) is 4.41. The van der Waals surface area contributed by atoms with E-state index in [4.69, 9.17) is 0 Å². The first kappa shape index (κ1) is 14.8. The van der Waals surface area contributed by atoms with E-state index in [1.165, 1.54) is 6.07 Å². The van der Waals surface area contributed by atoms with Gasteiger partial charge in [0, 0.05) is 26.3 Å². The van der Waals surface area contributed by atoms with Crippen LogP contribution in [0.15, 0.2) is 18.2 Å². The maximum absolute atomic E-state index is 12.6. The highest BCUT2D eigenvalue weighted by Gasteiger charge is 2.31. The molecule has 1 aromatic rings. The molecule has 1 aromatic carbocycles. The van der Waals surface area contributed by atoms with Gasteiger partial charge in [0.2, 0.25) is 0 Å². The number of nitrogens with one attached hydrogen (secondary N) is 1. The summed E-state index contributed by atoms with van der Waals surface area (Å²) < 4.78 is 37.9. The summed E-state index contributed by atoms with van der Waals surface area (Å²) >= 11 is 0. The summed E-state index contributed by atoms with van der Waals surface area (Å²) in [5.41, 5.74) is 0.875. The van der Waals surface area contributed by atoms with Gasteiger partial charge in [0.15, 0.2) is 0 Å². The van der Waals surface area contributed by atoms with Gasteiger partial charge in [0.1, 0.15) is 0 Å². The fourth-order valence-electron chi connectivity index (χ4n) is 1.71. The zero-order valence-electron chi connectivity index (χ0n) is 10.9. The summed E-state index contributed by atoms with van der Waals surface area (Å²) in [6.45, 7) is 3.49. The van der Waals surface area contributed by atoms with Crippen LogP contribution in [0.2, 0.25) is 0 Å². The third kappa shape index (κ3) is 3.91. The Labute approximate surface area is 106 Å². The molecular weight excluding hydrogens is 241 g/mol. The monoisotopic (exact) mass is 260 g/mol. The number of hydrogen-bond donors (Lipinski definition) is 1. The number of anilines is 1. The smallest absolute Gasteiger partial charge is 0.377 e. The van der Waals surface area contributed by atoms with Crippen molar-refractivity contribution in [2.45, 2.75) is 26.1 Å². The minimum absolute atomic E-state index is 0.583. The Kier molecular flexibility index (Phi) is 5.02. The minimum Gasteiger partial charge on any atom is -0.377 e. The Hall–Kier alpha value is -1.23. The molecule has 2 nitrogen and oxygen atoms in total. The molecule has 0 spiro atoms. The van der Waals surface area contributed by atoms with Crippen molar-refractivity contribution in [2.24, 2.45) is 0 Å². The molecule has 0 saturated heterocycles. The number of nitrogens with zero attached hydrogens (tertiary/aromatic N) is 1. The summed E-state index contributed by atoms with van der Waals surface area (Å²) in [5, 5.41) is 3.20. The van der Waals surface area contributed by atoms with Crippen LogP contribution in [-0.4, -0.2) is 20.6 Å². The van der Waals surface area contributed by atoms with Gasteiger partial charge in [0.25, 0.3) is 0 Å².